The van der Waals surface area contributed by atoms with E-state index in [0.29, 0.717) is 17.1 Å². The number of rotatable bonds is 4. The van der Waals surface area contributed by atoms with Crippen LogP contribution in [0.4, 0.5) is 5.69 Å². The van der Waals surface area contributed by atoms with E-state index >= 15 is 0 Å². The molecule has 1 aromatic carbocycles. The van der Waals surface area contributed by atoms with Gasteiger partial charge in [0.2, 0.25) is 5.76 Å². The van der Waals surface area contributed by atoms with Gasteiger partial charge in [-0.3, -0.25) is 0 Å². The Labute approximate surface area is 109 Å². The minimum atomic E-state index is -1.07. The first-order valence-electron chi connectivity index (χ1n) is 5.37. The number of carboxylic acid groups (broad SMARTS) is 1. The van der Waals surface area contributed by atoms with Gasteiger partial charge in [-0.25, -0.2) is 4.79 Å². The molecule has 1 aromatic heterocycles. The Morgan fingerprint density at radius 3 is 2.89 bits per heavy atom. The van der Waals surface area contributed by atoms with Gasteiger partial charge >= 0.3 is 5.97 Å². The molecule has 0 aliphatic carbocycles. The standard InChI is InChI=1S/C13H12ClNO3/c1-8-2-3-10(6-11(8)14)15-7-9-4-5-18-12(9)13(16)17/h2-6,15H,7H2,1H3,(H,16,17). The molecule has 0 radical (unpaired) electrons. The SMILES string of the molecule is Cc1ccc(NCc2ccoc2C(=O)O)cc1Cl. The summed E-state index contributed by atoms with van der Waals surface area (Å²) in [5.74, 6) is -1.11. The Morgan fingerprint density at radius 2 is 2.22 bits per heavy atom. The van der Waals surface area contributed by atoms with Crippen LogP contribution in [0.5, 0.6) is 0 Å². The van der Waals surface area contributed by atoms with Gasteiger partial charge in [0.25, 0.3) is 0 Å². The van der Waals surface area contributed by atoms with Crippen LogP contribution in [-0.2, 0) is 6.54 Å². The number of halogens is 1. The molecule has 2 N–H and O–H groups in total. The quantitative estimate of drug-likeness (QED) is 0.887. The van der Waals surface area contributed by atoms with Gasteiger partial charge in [-0.15, -0.1) is 0 Å². The number of aryl methyl sites for hydroxylation is 1. The van der Waals surface area contributed by atoms with Crippen LogP contribution in [0.3, 0.4) is 0 Å². The van der Waals surface area contributed by atoms with E-state index < -0.39 is 5.97 Å². The minimum Gasteiger partial charge on any atom is -0.475 e. The van der Waals surface area contributed by atoms with E-state index in [2.05, 4.69) is 5.32 Å². The highest BCUT2D eigenvalue weighted by Crippen LogP contribution is 2.21. The second-order valence-corrected chi connectivity index (χ2v) is 4.30. The predicted molar refractivity (Wildman–Crippen MR) is 69.2 cm³/mol. The van der Waals surface area contributed by atoms with E-state index in [-0.39, 0.29) is 5.76 Å². The molecule has 0 aliphatic rings. The third kappa shape index (κ3) is 2.65. The van der Waals surface area contributed by atoms with Crippen molar-refractivity contribution in [2.24, 2.45) is 0 Å². The number of furan rings is 1. The fourth-order valence-electron chi connectivity index (χ4n) is 1.56. The number of aromatic carboxylic acids is 1. The van der Waals surface area contributed by atoms with E-state index in [1.165, 1.54) is 6.26 Å². The zero-order valence-electron chi connectivity index (χ0n) is 9.74. The molecule has 1 heterocycles. The lowest BCUT2D eigenvalue weighted by atomic mass is 10.2. The number of carbonyl (C=O) groups is 1. The fraction of sp³-hybridized carbons (Fsp3) is 0.154. The third-order valence-corrected chi connectivity index (χ3v) is 3.00. The number of hydrogen-bond acceptors (Lipinski definition) is 3. The third-order valence-electron chi connectivity index (χ3n) is 2.60. The topological polar surface area (TPSA) is 62.5 Å². The lowest BCUT2D eigenvalue weighted by Gasteiger charge is -2.07. The van der Waals surface area contributed by atoms with E-state index in [0.717, 1.165) is 11.3 Å². The number of hydrogen-bond donors (Lipinski definition) is 2. The zero-order chi connectivity index (χ0) is 13.1. The number of benzene rings is 1. The average Bonchev–Trinajstić information content (AvgIpc) is 2.79. The molecule has 18 heavy (non-hydrogen) atoms. The summed E-state index contributed by atoms with van der Waals surface area (Å²) in [6, 6.07) is 7.23. The summed E-state index contributed by atoms with van der Waals surface area (Å²) in [5, 5.41) is 12.7. The van der Waals surface area contributed by atoms with Gasteiger partial charge in [-0.2, -0.15) is 0 Å². The molecule has 0 atom stereocenters. The monoisotopic (exact) mass is 265 g/mol. The summed E-state index contributed by atoms with van der Waals surface area (Å²) in [4.78, 5) is 10.9. The molecule has 0 unspecified atom stereocenters. The molecule has 2 aromatic rings. The summed E-state index contributed by atoms with van der Waals surface area (Å²) in [7, 11) is 0. The highest BCUT2D eigenvalue weighted by molar-refractivity contribution is 6.31. The number of carboxylic acids is 1. The Bertz CT molecular complexity index is 577. The molecule has 0 aliphatic heterocycles. The van der Waals surface area contributed by atoms with Gasteiger partial charge in [0, 0.05) is 22.8 Å². The van der Waals surface area contributed by atoms with Crippen LogP contribution in [0.25, 0.3) is 0 Å². The lowest BCUT2D eigenvalue weighted by Crippen LogP contribution is -2.04. The molecule has 0 amide bonds. The normalized spacial score (nSPS) is 10.3. The highest BCUT2D eigenvalue weighted by Gasteiger charge is 2.13. The molecule has 0 saturated carbocycles. The maximum Gasteiger partial charge on any atom is 0.372 e. The summed E-state index contributed by atoms with van der Waals surface area (Å²) in [6.45, 7) is 2.29. The molecule has 0 spiro atoms. The van der Waals surface area contributed by atoms with E-state index in [1.807, 2.05) is 19.1 Å². The molecule has 5 heteroatoms. The fourth-order valence-corrected chi connectivity index (χ4v) is 1.74. The van der Waals surface area contributed by atoms with E-state index in [4.69, 9.17) is 21.1 Å². The summed E-state index contributed by atoms with van der Waals surface area (Å²) < 4.78 is 4.89. The highest BCUT2D eigenvalue weighted by atomic mass is 35.5. The number of anilines is 1. The zero-order valence-corrected chi connectivity index (χ0v) is 10.5. The van der Waals surface area contributed by atoms with Crippen LogP contribution in [0, 0.1) is 6.92 Å². The lowest BCUT2D eigenvalue weighted by molar-refractivity contribution is 0.0661. The summed E-state index contributed by atoms with van der Waals surface area (Å²) >= 11 is 6.00. The average molecular weight is 266 g/mol. The Hall–Kier alpha value is -1.94. The van der Waals surface area contributed by atoms with Crippen molar-refractivity contribution in [1.29, 1.82) is 0 Å². The first kappa shape index (κ1) is 12.5. The van der Waals surface area contributed by atoms with Crippen molar-refractivity contribution < 1.29 is 14.3 Å². The first-order chi connectivity index (χ1) is 8.58. The first-order valence-corrected chi connectivity index (χ1v) is 5.75. The second kappa shape index (κ2) is 5.14. The van der Waals surface area contributed by atoms with Gasteiger partial charge in [0.05, 0.1) is 6.26 Å². The largest absolute Gasteiger partial charge is 0.475 e. The van der Waals surface area contributed by atoms with E-state index in [1.54, 1.807) is 12.1 Å². The Kier molecular flexibility index (Phi) is 3.58. The Balaban J connectivity index is 2.09. The van der Waals surface area contributed by atoms with Crippen LogP contribution in [0.15, 0.2) is 34.9 Å². The van der Waals surface area contributed by atoms with Crippen molar-refractivity contribution in [2.75, 3.05) is 5.32 Å². The predicted octanol–water partition coefficient (Wildman–Crippen LogP) is 3.55. The van der Waals surface area contributed by atoms with Crippen LogP contribution in [0.2, 0.25) is 5.02 Å². The van der Waals surface area contributed by atoms with Crippen molar-refractivity contribution in [1.82, 2.24) is 0 Å². The maximum atomic E-state index is 10.9. The van der Waals surface area contributed by atoms with Crippen LogP contribution in [-0.4, -0.2) is 11.1 Å². The van der Waals surface area contributed by atoms with Crippen molar-refractivity contribution in [3.8, 4) is 0 Å². The van der Waals surface area contributed by atoms with Crippen molar-refractivity contribution in [3.63, 3.8) is 0 Å². The molecular weight excluding hydrogens is 254 g/mol. The van der Waals surface area contributed by atoms with Gasteiger partial charge in [-0.1, -0.05) is 17.7 Å². The van der Waals surface area contributed by atoms with Crippen molar-refractivity contribution in [2.45, 2.75) is 13.5 Å². The van der Waals surface area contributed by atoms with Gasteiger partial charge in [0.15, 0.2) is 0 Å². The van der Waals surface area contributed by atoms with Crippen LogP contribution < -0.4 is 5.32 Å². The maximum absolute atomic E-state index is 10.9. The number of nitrogens with one attached hydrogen (secondary N) is 1. The van der Waals surface area contributed by atoms with Gasteiger partial charge < -0.3 is 14.8 Å². The molecule has 4 nitrogen and oxygen atoms in total. The molecule has 2 rings (SSSR count). The van der Waals surface area contributed by atoms with Gasteiger partial charge in [0.1, 0.15) is 0 Å². The summed E-state index contributed by atoms with van der Waals surface area (Å²) in [6.07, 6.45) is 1.36. The van der Waals surface area contributed by atoms with Crippen molar-refractivity contribution in [3.05, 3.63) is 52.4 Å². The van der Waals surface area contributed by atoms with Crippen LogP contribution >= 0.6 is 11.6 Å². The Morgan fingerprint density at radius 1 is 1.44 bits per heavy atom. The molecular formula is C13H12ClNO3. The smallest absolute Gasteiger partial charge is 0.372 e. The molecule has 0 fully saturated rings. The minimum absolute atomic E-state index is 0.0410. The van der Waals surface area contributed by atoms with Crippen molar-refractivity contribution >= 4 is 23.3 Å². The molecule has 0 bridgehead atoms. The summed E-state index contributed by atoms with van der Waals surface area (Å²) in [5.41, 5.74) is 2.43. The second-order valence-electron chi connectivity index (χ2n) is 3.90. The molecule has 94 valence electrons. The van der Waals surface area contributed by atoms with Crippen LogP contribution in [0.1, 0.15) is 21.7 Å². The molecule has 0 saturated heterocycles. The van der Waals surface area contributed by atoms with E-state index in [9.17, 15) is 4.79 Å². The van der Waals surface area contributed by atoms with Gasteiger partial charge in [-0.05, 0) is 30.7 Å².